The van der Waals surface area contributed by atoms with E-state index in [-0.39, 0.29) is 17.8 Å². The molecule has 0 aromatic heterocycles. The summed E-state index contributed by atoms with van der Waals surface area (Å²) >= 11 is 0. The maximum Gasteiger partial charge on any atom is 0.258 e. The summed E-state index contributed by atoms with van der Waals surface area (Å²) in [6, 6.07) is 12.4. The first-order valence-corrected chi connectivity index (χ1v) is 9.10. The van der Waals surface area contributed by atoms with Gasteiger partial charge in [0.1, 0.15) is 5.82 Å². The number of nitrogens with zero attached hydrogens (tertiary/aromatic N) is 1. The van der Waals surface area contributed by atoms with E-state index in [1.807, 2.05) is 30.3 Å². The van der Waals surface area contributed by atoms with Gasteiger partial charge in [-0.1, -0.05) is 24.3 Å². The van der Waals surface area contributed by atoms with Crippen LogP contribution in [0.5, 0.6) is 0 Å². The van der Waals surface area contributed by atoms with E-state index in [0.29, 0.717) is 36.4 Å². The van der Waals surface area contributed by atoms with Crippen LogP contribution in [0.15, 0.2) is 42.5 Å². The van der Waals surface area contributed by atoms with Gasteiger partial charge < -0.3 is 14.4 Å². The molecule has 4 rings (SSSR count). The predicted octanol–water partition coefficient (Wildman–Crippen LogP) is 3.72. The van der Waals surface area contributed by atoms with Crippen LogP contribution in [0.25, 0.3) is 0 Å². The Kier molecular flexibility index (Phi) is 5.00. The zero-order chi connectivity index (χ0) is 17.9. The van der Waals surface area contributed by atoms with Crippen molar-refractivity contribution in [3.8, 4) is 0 Å². The van der Waals surface area contributed by atoms with Crippen molar-refractivity contribution >= 4 is 11.6 Å². The lowest BCUT2D eigenvalue weighted by molar-refractivity contribution is -0.0391. The molecule has 0 unspecified atom stereocenters. The summed E-state index contributed by atoms with van der Waals surface area (Å²) < 4.78 is 25.3. The highest BCUT2D eigenvalue weighted by molar-refractivity contribution is 6.08. The van der Waals surface area contributed by atoms with E-state index < -0.39 is 0 Å². The standard InChI is InChI=1S/C21H22FNO3/c22-19-6-3-7-20-18(19)8-11-23(20)21(24)17-5-2-1-4-15(17)14-26-16-9-12-25-13-10-16/h1-7,16H,8-14H2. The van der Waals surface area contributed by atoms with Gasteiger partial charge in [-0.2, -0.15) is 0 Å². The quantitative estimate of drug-likeness (QED) is 0.839. The van der Waals surface area contributed by atoms with E-state index in [2.05, 4.69) is 0 Å². The molecule has 26 heavy (non-hydrogen) atoms. The number of carbonyl (C=O) groups is 1. The first-order valence-electron chi connectivity index (χ1n) is 9.10. The monoisotopic (exact) mass is 355 g/mol. The van der Waals surface area contributed by atoms with E-state index in [9.17, 15) is 9.18 Å². The minimum absolute atomic E-state index is 0.0967. The summed E-state index contributed by atoms with van der Waals surface area (Å²) in [7, 11) is 0. The summed E-state index contributed by atoms with van der Waals surface area (Å²) in [5.41, 5.74) is 2.79. The Morgan fingerprint density at radius 3 is 2.81 bits per heavy atom. The lowest BCUT2D eigenvalue weighted by Crippen LogP contribution is -2.30. The van der Waals surface area contributed by atoms with Crippen molar-refractivity contribution in [2.24, 2.45) is 0 Å². The fourth-order valence-corrected chi connectivity index (χ4v) is 3.65. The summed E-state index contributed by atoms with van der Waals surface area (Å²) in [6.07, 6.45) is 2.49. The Morgan fingerprint density at radius 2 is 1.96 bits per heavy atom. The molecule has 0 saturated carbocycles. The lowest BCUT2D eigenvalue weighted by Gasteiger charge is -2.23. The largest absolute Gasteiger partial charge is 0.381 e. The van der Waals surface area contributed by atoms with Crippen LogP contribution in [0.4, 0.5) is 10.1 Å². The molecule has 2 aromatic rings. The summed E-state index contributed by atoms with van der Waals surface area (Å²) in [4.78, 5) is 14.8. The van der Waals surface area contributed by atoms with Gasteiger partial charge in [0.25, 0.3) is 5.91 Å². The fraction of sp³-hybridized carbons (Fsp3) is 0.381. The molecule has 0 radical (unpaired) electrons. The Balaban J connectivity index is 1.53. The molecule has 2 aromatic carbocycles. The third-order valence-corrected chi connectivity index (χ3v) is 5.11. The maximum absolute atomic E-state index is 14.0. The van der Waals surface area contributed by atoms with E-state index in [1.165, 1.54) is 6.07 Å². The maximum atomic E-state index is 14.0. The van der Waals surface area contributed by atoms with E-state index in [1.54, 1.807) is 11.0 Å². The van der Waals surface area contributed by atoms with Gasteiger partial charge in [0, 0.05) is 30.9 Å². The fourth-order valence-electron chi connectivity index (χ4n) is 3.65. The number of ether oxygens (including phenoxy) is 2. The molecule has 2 heterocycles. The van der Waals surface area contributed by atoms with Crippen LogP contribution in [0.2, 0.25) is 0 Å². The molecule has 2 aliphatic rings. The van der Waals surface area contributed by atoms with Gasteiger partial charge in [0.05, 0.1) is 18.4 Å². The Bertz CT molecular complexity index is 802. The predicted molar refractivity (Wildman–Crippen MR) is 96.9 cm³/mol. The van der Waals surface area contributed by atoms with Crippen LogP contribution >= 0.6 is 0 Å². The van der Waals surface area contributed by atoms with E-state index in [0.717, 1.165) is 31.6 Å². The number of fused-ring (bicyclic) bond motifs is 1. The number of halogens is 1. The van der Waals surface area contributed by atoms with Crippen molar-refractivity contribution in [3.63, 3.8) is 0 Å². The van der Waals surface area contributed by atoms with Crippen molar-refractivity contribution in [3.05, 3.63) is 65.0 Å². The third kappa shape index (κ3) is 3.37. The zero-order valence-electron chi connectivity index (χ0n) is 14.6. The molecule has 0 aliphatic carbocycles. The van der Waals surface area contributed by atoms with Gasteiger partial charge in [-0.25, -0.2) is 4.39 Å². The molecule has 1 fully saturated rings. The average Bonchev–Trinajstić information content (AvgIpc) is 3.12. The van der Waals surface area contributed by atoms with Crippen molar-refractivity contribution < 1.29 is 18.7 Å². The SMILES string of the molecule is O=C(c1ccccc1COC1CCOCC1)N1CCc2c(F)cccc21. The van der Waals surface area contributed by atoms with Crippen molar-refractivity contribution in [2.75, 3.05) is 24.7 Å². The highest BCUT2D eigenvalue weighted by atomic mass is 19.1. The van der Waals surface area contributed by atoms with Gasteiger partial charge in [0.15, 0.2) is 0 Å². The second-order valence-corrected chi connectivity index (χ2v) is 6.72. The normalized spacial score (nSPS) is 17.3. The van der Waals surface area contributed by atoms with Gasteiger partial charge in [-0.15, -0.1) is 0 Å². The van der Waals surface area contributed by atoms with E-state index in [4.69, 9.17) is 9.47 Å². The number of benzene rings is 2. The zero-order valence-corrected chi connectivity index (χ0v) is 14.6. The molecular weight excluding hydrogens is 333 g/mol. The minimum Gasteiger partial charge on any atom is -0.381 e. The molecule has 1 amide bonds. The molecule has 2 aliphatic heterocycles. The molecule has 1 saturated heterocycles. The first kappa shape index (κ1) is 17.2. The number of hydrogen-bond donors (Lipinski definition) is 0. The number of amides is 1. The molecule has 0 spiro atoms. The summed E-state index contributed by atoms with van der Waals surface area (Å²) in [5.74, 6) is -0.338. The topological polar surface area (TPSA) is 38.8 Å². The lowest BCUT2D eigenvalue weighted by atomic mass is 10.1. The number of anilines is 1. The van der Waals surface area contributed by atoms with Gasteiger partial charge >= 0.3 is 0 Å². The van der Waals surface area contributed by atoms with Crippen LogP contribution in [0.1, 0.15) is 34.3 Å². The van der Waals surface area contributed by atoms with E-state index >= 15 is 0 Å². The Labute approximate surface area is 152 Å². The number of carbonyl (C=O) groups excluding carboxylic acids is 1. The van der Waals surface area contributed by atoms with Crippen LogP contribution in [-0.4, -0.2) is 31.8 Å². The number of rotatable bonds is 4. The number of hydrogen-bond acceptors (Lipinski definition) is 3. The Morgan fingerprint density at radius 1 is 1.15 bits per heavy atom. The van der Waals surface area contributed by atoms with Crippen molar-refractivity contribution in [2.45, 2.75) is 32.0 Å². The highest BCUT2D eigenvalue weighted by Gasteiger charge is 2.28. The van der Waals surface area contributed by atoms with Crippen LogP contribution in [0, 0.1) is 5.82 Å². The van der Waals surface area contributed by atoms with Crippen molar-refractivity contribution in [1.29, 1.82) is 0 Å². The highest BCUT2D eigenvalue weighted by Crippen LogP contribution is 2.31. The molecule has 0 N–H and O–H groups in total. The third-order valence-electron chi connectivity index (χ3n) is 5.11. The average molecular weight is 355 g/mol. The van der Waals surface area contributed by atoms with Gasteiger partial charge in [-0.3, -0.25) is 4.79 Å². The Hall–Kier alpha value is -2.24. The minimum atomic E-state index is -0.242. The summed E-state index contributed by atoms with van der Waals surface area (Å²) in [5, 5.41) is 0. The second-order valence-electron chi connectivity index (χ2n) is 6.72. The van der Waals surface area contributed by atoms with Crippen LogP contribution < -0.4 is 4.90 Å². The first-order chi connectivity index (χ1) is 12.7. The van der Waals surface area contributed by atoms with Gasteiger partial charge in [0.2, 0.25) is 0 Å². The molecule has 136 valence electrons. The molecule has 5 heteroatoms. The van der Waals surface area contributed by atoms with Crippen LogP contribution in [-0.2, 0) is 22.5 Å². The molecular formula is C21H22FNO3. The van der Waals surface area contributed by atoms with Crippen molar-refractivity contribution in [1.82, 2.24) is 0 Å². The molecule has 0 bridgehead atoms. The summed E-state index contributed by atoms with van der Waals surface area (Å²) in [6.45, 7) is 2.35. The second kappa shape index (κ2) is 7.56. The smallest absolute Gasteiger partial charge is 0.258 e. The molecule has 4 nitrogen and oxygen atoms in total. The van der Waals surface area contributed by atoms with Crippen LogP contribution in [0.3, 0.4) is 0 Å². The van der Waals surface area contributed by atoms with Gasteiger partial charge in [-0.05, 0) is 43.0 Å². The molecule has 0 atom stereocenters.